The van der Waals surface area contributed by atoms with Crippen molar-refractivity contribution in [2.45, 2.75) is 32.9 Å². The Morgan fingerprint density at radius 2 is 2.12 bits per heavy atom. The second kappa shape index (κ2) is 6.99. The first-order valence-electron chi connectivity index (χ1n) is 5.94. The minimum absolute atomic E-state index is 0.237. The Balaban J connectivity index is 2.75. The van der Waals surface area contributed by atoms with Crippen LogP contribution in [0.4, 0.5) is 5.69 Å². The molecule has 0 bridgehead atoms. The normalized spacial score (nSPS) is 11.4. The number of aliphatic hydroxyl groups is 1. The van der Waals surface area contributed by atoms with Crippen molar-refractivity contribution in [2.24, 2.45) is 0 Å². The fourth-order valence-electron chi connectivity index (χ4n) is 1.73. The van der Waals surface area contributed by atoms with Crippen LogP contribution in [-0.2, 0) is 6.54 Å². The molecule has 0 spiro atoms. The lowest BCUT2D eigenvalue weighted by Crippen LogP contribution is -2.31. The molecule has 96 valence electrons. The van der Waals surface area contributed by atoms with E-state index in [2.05, 4.69) is 40.7 Å². The number of nitrogens with zero attached hydrogens (tertiary/aromatic N) is 1. The summed E-state index contributed by atoms with van der Waals surface area (Å²) in [5.41, 5.74) is 7.83. The Morgan fingerprint density at radius 1 is 1.41 bits per heavy atom. The maximum absolute atomic E-state index is 8.91. The quantitative estimate of drug-likeness (QED) is 0.794. The van der Waals surface area contributed by atoms with Gasteiger partial charge in [0.1, 0.15) is 0 Å². The molecule has 0 aliphatic carbocycles. The van der Waals surface area contributed by atoms with E-state index in [1.54, 1.807) is 0 Å². The zero-order valence-corrected chi connectivity index (χ0v) is 12.1. The number of rotatable bonds is 6. The summed E-state index contributed by atoms with van der Waals surface area (Å²) in [7, 11) is 0. The summed E-state index contributed by atoms with van der Waals surface area (Å²) in [6.45, 7) is 6.31. The first-order chi connectivity index (χ1) is 8.06. The molecule has 1 aromatic rings. The van der Waals surface area contributed by atoms with Crippen molar-refractivity contribution < 1.29 is 5.11 Å². The zero-order chi connectivity index (χ0) is 12.8. The van der Waals surface area contributed by atoms with Crippen molar-refractivity contribution >= 4 is 21.6 Å². The second-order valence-corrected chi connectivity index (χ2v) is 5.25. The maximum Gasteiger partial charge on any atom is 0.0461 e. The molecule has 4 heteroatoms. The largest absolute Gasteiger partial charge is 0.398 e. The summed E-state index contributed by atoms with van der Waals surface area (Å²) in [6.07, 6.45) is 0.804. The van der Waals surface area contributed by atoms with Crippen LogP contribution in [0.25, 0.3) is 0 Å². The minimum Gasteiger partial charge on any atom is -0.398 e. The van der Waals surface area contributed by atoms with Crippen LogP contribution in [-0.4, -0.2) is 29.2 Å². The summed E-state index contributed by atoms with van der Waals surface area (Å²) in [4.78, 5) is 2.33. The second-order valence-electron chi connectivity index (χ2n) is 4.46. The molecule has 1 aromatic carbocycles. The fourth-order valence-corrected chi connectivity index (χ4v) is 2.12. The maximum atomic E-state index is 8.91. The van der Waals surface area contributed by atoms with Gasteiger partial charge in [0.15, 0.2) is 0 Å². The Morgan fingerprint density at radius 3 is 2.71 bits per heavy atom. The van der Waals surface area contributed by atoms with Gasteiger partial charge in [-0.25, -0.2) is 0 Å². The third-order valence-electron chi connectivity index (χ3n) is 2.82. The van der Waals surface area contributed by atoms with Gasteiger partial charge in [-0.05, 0) is 47.8 Å². The molecule has 3 N–H and O–H groups in total. The predicted octanol–water partition coefficient (Wildman–Crippen LogP) is 2.62. The summed E-state index contributed by atoms with van der Waals surface area (Å²) in [5.74, 6) is 0. The van der Waals surface area contributed by atoms with Crippen LogP contribution in [0.1, 0.15) is 25.8 Å². The van der Waals surface area contributed by atoms with E-state index < -0.39 is 0 Å². The van der Waals surface area contributed by atoms with Crippen molar-refractivity contribution in [3.8, 4) is 0 Å². The molecule has 3 nitrogen and oxygen atoms in total. The van der Waals surface area contributed by atoms with Crippen molar-refractivity contribution in [3.63, 3.8) is 0 Å². The number of nitrogens with two attached hydrogens (primary N) is 1. The van der Waals surface area contributed by atoms with Gasteiger partial charge in [0, 0.05) is 35.9 Å². The Kier molecular flexibility index (Phi) is 5.95. The summed E-state index contributed by atoms with van der Waals surface area (Å²) in [5, 5.41) is 8.91. The zero-order valence-electron chi connectivity index (χ0n) is 10.5. The van der Waals surface area contributed by atoms with Crippen LogP contribution < -0.4 is 5.73 Å². The van der Waals surface area contributed by atoms with Crippen LogP contribution >= 0.6 is 15.9 Å². The third kappa shape index (κ3) is 4.30. The highest BCUT2D eigenvalue weighted by molar-refractivity contribution is 9.10. The van der Waals surface area contributed by atoms with E-state index in [1.807, 2.05) is 12.1 Å². The molecular formula is C13H21BrN2O. The fraction of sp³-hybridized carbons (Fsp3) is 0.538. The van der Waals surface area contributed by atoms with E-state index >= 15 is 0 Å². The first kappa shape index (κ1) is 14.5. The number of benzene rings is 1. The molecule has 0 atom stereocenters. The molecular weight excluding hydrogens is 280 g/mol. The van der Waals surface area contributed by atoms with E-state index in [4.69, 9.17) is 10.8 Å². The Bertz CT molecular complexity index is 355. The lowest BCUT2D eigenvalue weighted by atomic mass is 10.1. The number of nitrogen functional groups attached to an aromatic ring is 1. The molecule has 17 heavy (non-hydrogen) atoms. The van der Waals surface area contributed by atoms with Crippen LogP contribution in [0.3, 0.4) is 0 Å². The minimum atomic E-state index is 0.237. The summed E-state index contributed by atoms with van der Waals surface area (Å²) >= 11 is 3.52. The molecule has 0 aliphatic heterocycles. The molecule has 0 radical (unpaired) electrons. The molecule has 1 rings (SSSR count). The Hall–Kier alpha value is -0.580. The number of halogens is 1. The van der Waals surface area contributed by atoms with Gasteiger partial charge < -0.3 is 10.8 Å². The number of hydrogen-bond acceptors (Lipinski definition) is 3. The van der Waals surface area contributed by atoms with Crippen molar-refractivity contribution in [2.75, 3.05) is 18.9 Å². The third-order valence-corrected chi connectivity index (χ3v) is 3.78. The van der Waals surface area contributed by atoms with Crippen LogP contribution in [0.2, 0.25) is 0 Å². The van der Waals surface area contributed by atoms with Gasteiger partial charge in [0.05, 0.1) is 0 Å². The van der Waals surface area contributed by atoms with Gasteiger partial charge in [-0.3, -0.25) is 4.90 Å². The highest BCUT2D eigenvalue weighted by atomic mass is 79.9. The molecule has 0 unspecified atom stereocenters. The highest BCUT2D eigenvalue weighted by Gasteiger charge is 2.12. The average Bonchev–Trinajstić information content (AvgIpc) is 2.29. The van der Waals surface area contributed by atoms with Gasteiger partial charge in [0.25, 0.3) is 0 Å². The number of hydrogen-bond donors (Lipinski definition) is 2. The molecule has 0 saturated heterocycles. The van der Waals surface area contributed by atoms with Crippen molar-refractivity contribution in [1.82, 2.24) is 4.90 Å². The first-order valence-corrected chi connectivity index (χ1v) is 6.73. The van der Waals surface area contributed by atoms with E-state index in [9.17, 15) is 0 Å². The topological polar surface area (TPSA) is 49.5 Å². The predicted molar refractivity (Wildman–Crippen MR) is 75.8 cm³/mol. The number of aliphatic hydroxyl groups excluding tert-OH is 1. The average molecular weight is 301 g/mol. The lowest BCUT2D eigenvalue weighted by Gasteiger charge is -2.26. The standard InChI is InChI=1S/C13H21BrN2O/c1-10(2)16(7-4-8-17)9-11-5-3-6-12(15)13(11)14/h3,5-6,10,17H,4,7-9,15H2,1-2H3. The SMILES string of the molecule is CC(C)N(CCCO)Cc1cccc(N)c1Br. The smallest absolute Gasteiger partial charge is 0.0461 e. The van der Waals surface area contributed by atoms with E-state index in [-0.39, 0.29) is 6.61 Å². The van der Waals surface area contributed by atoms with Crippen LogP contribution in [0, 0.1) is 0 Å². The van der Waals surface area contributed by atoms with Gasteiger partial charge >= 0.3 is 0 Å². The number of anilines is 1. The summed E-state index contributed by atoms with van der Waals surface area (Å²) < 4.78 is 0.981. The monoisotopic (exact) mass is 300 g/mol. The van der Waals surface area contributed by atoms with Crippen LogP contribution in [0.5, 0.6) is 0 Å². The van der Waals surface area contributed by atoms with E-state index in [0.717, 1.165) is 29.7 Å². The molecule has 0 fully saturated rings. The van der Waals surface area contributed by atoms with Gasteiger partial charge in [-0.15, -0.1) is 0 Å². The van der Waals surface area contributed by atoms with Gasteiger partial charge in [-0.2, -0.15) is 0 Å². The van der Waals surface area contributed by atoms with E-state index in [0.29, 0.717) is 6.04 Å². The van der Waals surface area contributed by atoms with Crippen molar-refractivity contribution in [3.05, 3.63) is 28.2 Å². The molecule has 0 aromatic heterocycles. The van der Waals surface area contributed by atoms with Crippen molar-refractivity contribution in [1.29, 1.82) is 0 Å². The summed E-state index contributed by atoms with van der Waals surface area (Å²) in [6, 6.07) is 6.39. The Labute approximate surface area is 112 Å². The highest BCUT2D eigenvalue weighted by Crippen LogP contribution is 2.25. The molecule has 0 heterocycles. The molecule has 0 aliphatic rings. The van der Waals surface area contributed by atoms with Gasteiger partial charge in [-0.1, -0.05) is 12.1 Å². The lowest BCUT2D eigenvalue weighted by molar-refractivity contribution is 0.184. The molecule has 0 saturated carbocycles. The van der Waals surface area contributed by atoms with E-state index in [1.165, 1.54) is 5.56 Å². The van der Waals surface area contributed by atoms with Gasteiger partial charge in [0.2, 0.25) is 0 Å². The van der Waals surface area contributed by atoms with Crippen LogP contribution in [0.15, 0.2) is 22.7 Å². The molecule has 0 amide bonds.